The van der Waals surface area contributed by atoms with Crippen LogP contribution in [-0.2, 0) is 17.8 Å². The van der Waals surface area contributed by atoms with Crippen molar-refractivity contribution in [3.05, 3.63) is 30.5 Å². The molecule has 2 heterocycles. The molecular weight excluding hydrogens is 218 g/mol. The zero-order valence-electron chi connectivity index (χ0n) is 9.68. The highest BCUT2D eigenvalue weighted by atomic mass is 16.1. The minimum Gasteiger partial charge on any atom is -0.337 e. The molecule has 17 heavy (non-hydrogen) atoms. The molecule has 2 rings (SSSR count). The summed E-state index contributed by atoms with van der Waals surface area (Å²) in [6.07, 6.45) is 8.21. The van der Waals surface area contributed by atoms with Crippen molar-refractivity contribution >= 4 is 11.7 Å². The summed E-state index contributed by atoms with van der Waals surface area (Å²) >= 11 is 0. The smallest absolute Gasteiger partial charge is 0.227 e. The van der Waals surface area contributed by atoms with Crippen molar-refractivity contribution < 1.29 is 4.79 Å². The van der Waals surface area contributed by atoms with Gasteiger partial charge in [0.25, 0.3) is 0 Å². The predicted octanol–water partition coefficient (Wildman–Crippen LogP) is 1.20. The molecule has 0 spiro atoms. The third kappa shape index (κ3) is 2.93. The van der Waals surface area contributed by atoms with E-state index in [4.69, 9.17) is 0 Å². The Labute approximate surface area is 99.1 Å². The Bertz CT molecular complexity index is 474. The SMILES string of the molecule is CCc1cn[nH]c1NC(=O)CCn1ccnc1. The minimum atomic E-state index is -0.0300. The highest BCUT2D eigenvalue weighted by Crippen LogP contribution is 2.11. The van der Waals surface area contributed by atoms with Crippen LogP contribution in [0.15, 0.2) is 24.9 Å². The molecule has 0 saturated heterocycles. The summed E-state index contributed by atoms with van der Waals surface area (Å²) < 4.78 is 1.87. The van der Waals surface area contributed by atoms with Crippen LogP contribution in [0.2, 0.25) is 0 Å². The van der Waals surface area contributed by atoms with E-state index in [-0.39, 0.29) is 5.91 Å². The second-order valence-corrected chi connectivity index (χ2v) is 3.72. The Hall–Kier alpha value is -2.11. The van der Waals surface area contributed by atoms with Gasteiger partial charge in [0.1, 0.15) is 5.82 Å². The first-order chi connectivity index (χ1) is 8.29. The summed E-state index contributed by atoms with van der Waals surface area (Å²) in [5.41, 5.74) is 1.01. The fourth-order valence-corrected chi connectivity index (χ4v) is 1.54. The summed E-state index contributed by atoms with van der Waals surface area (Å²) in [5, 5.41) is 9.49. The second kappa shape index (κ2) is 5.29. The Morgan fingerprint density at radius 3 is 3.18 bits per heavy atom. The molecule has 2 N–H and O–H groups in total. The standard InChI is InChI=1S/C11H15N5O/c1-2-9-7-13-15-11(9)14-10(17)3-5-16-6-4-12-8-16/h4,6-8H,2-3,5H2,1H3,(H2,13,14,15,17). The van der Waals surface area contributed by atoms with Gasteiger partial charge in [0, 0.05) is 30.9 Å². The Balaban J connectivity index is 1.85. The van der Waals surface area contributed by atoms with Crippen molar-refractivity contribution in [2.75, 3.05) is 5.32 Å². The van der Waals surface area contributed by atoms with Crippen molar-refractivity contribution in [1.82, 2.24) is 19.7 Å². The van der Waals surface area contributed by atoms with Gasteiger partial charge < -0.3 is 9.88 Å². The van der Waals surface area contributed by atoms with E-state index in [0.717, 1.165) is 12.0 Å². The van der Waals surface area contributed by atoms with Gasteiger partial charge in [0.05, 0.1) is 12.5 Å². The zero-order valence-corrected chi connectivity index (χ0v) is 9.68. The Morgan fingerprint density at radius 1 is 1.59 bits per heavy atom. The Kier molecular flexibility index (Phi) is 3.54. The second-order valence-electron chi connectivity index (χ2n) is 3.72. The van der Waals surface area contributed by atoms with Crippen LogP contribution in [0.3, 0.4) is 0 Å². The molecule has 2 aromatic rings. The van der Waals surface area contributed by atoms with Crippen molar-refractivity contribution in [1.29, 1.82) is 0 Å². The number of anilines is 1. The lowest BCUT2D eigenvalue weighted by Crippen LogP contribution is -2.15. The number of aryl methyl sites for hydroxylation is 2. The van der Waals surface area contributed by atoms with Crippen LogP contribution in [0, 0.1) is 0 Å². The molecule has 0 aliphatic carbocycles. The number of nitrogens with one attached hydrogen (secondary N) is 2. The van der Waals surface area contributed by atoms with E-state index in [0.29, 0.717) is 18.8 Å². The van der Waals surface area contributed by atoms with E-state index >= 15 is 0 Å². The zero-order chi connectivity index (χ0) is 12.1. The van der Waals surface area contributed by atoms with E-state index in [1.165, 1.54) is 0 Å². The van der Waals surface area contributed by atoms with Crippen LogP contribution in [0.4, 0.5) is 5.82 Å². The number of imidazole rings is 1. The lowest BCUT2D eigenvalue weighted by atomic mass is 10.2. The van der Waals surface area contributed by atoms with Gasteiger partial charge in [-0.3, -0.25) is 9.89 Å². The minimum absolute atomic E-state index is 0.0300. The van der Waals surface area contributed by atoms with E-state index in [1.54, 1.807) is 18.7 Å². The number of rotatable bonds is 5. The summed E-state index contributed by atoms with van der Waals surface area (Å²) in [4.78, 5) is 15.6. The highest BCUT2D eigenvalue weighted by molar-refractivity contribution is 5.90. The summed E-state index contributed by atoms with van der Waals surface area (Å²) in [7, 11) is 0. The van der Waals surface area contributed by atoms with Gasteiger partial charge in [-0.15, -0.1) is 0 Å². The third-order valence-corrected chi connectivity index (χ3v) is 2.52. The molecule has 0 bridgehead atoms. The molecule has 0 unspecified atom stereocenters. The van der Waals surface area contributed by atoms with Crippen LogP contribution in [0.25, 0.3) is 0 Å². The number of hydrogen-bond acceptors (Lipinski definition) is 3. The van der Waals surface area contributed by atoms with Gasteiger partial charge in [-0.1, -0.05) is 6.92 Å². The van der Waals surface area contributed by atoms with Crippen LogP contribution in [-0.4, -0.2) is 25.7 Å². The van der Waals surface area contributed by atoms with E-state index in [2.05, 4.69) is 20.5 Å². The van der Waals surface area contributed by atoms with Crippen LogP contribution in [0.5, 0.6) is 0 Å². The maximum absolute atomic E-state index is 11.7. The molecule has 0 fully saturated rings. The van der Waals surface area contributed by atoms with E-state index < -0.39 is 0 Å². The number of carbonyl (C=O) groups is 1. The van der Waals surface area contributed by atoms with Gasteiger partial charge in [0.15, 0.2) is 0 Å². The third-order valence-electron chi connectivity index (χ3n) is 2.52. The summed E-state index contributed by atoms with van der Waals surface area (Å²) in [6.45, 7) is 2.65. The normalized spacial score (nSPS) is 10.4. The number of nitrogens with zero attached hydrogens (tertiary/aromatic N) is 3. The predicted molar refractivity (Wildman–Crippen MR) is 63.4 cm³/mol. The monoisotopic (exact) mass is 233 g/mol. The lowest BCUT2D eigenvalue weighted by Gasteiger charge is -2.05. The molecule has 2 aromatic heterocycles. The number of hydrogen-bond donors (Lipinski definition) is 2. The van der Waals surface area contributed by atoms with Crippen LogP contribution >= 0.6 is 0 Å². The maximum atomic E-state index is 11.7. The van der Waals surface area contributed by atoms with Crippen molar-refractivity contribution in [2.45, 2.75) is 26.3 Å². The molecule has 6 heteroatoms. The van der Waals surface area contributed by atoms with Crippen molar-refractivity contribution in [3.8, 4) is 0 Å². The van der Waals surface area contributed by atoms with Gasteiger partial charge in [-0.2, -0.15) is 5.10 Å². The van der Waals surface area contributed by atoms with Gasteiger partial charge in [0.2, 0.25) is 5.91 Å². The Morgan fingerprint density at radius 2 is 2.47 bits per heavy atom. The molecular formula is C11H15N5O. The molecule has 0 aliphatic rings. The first kappa shape index (κ1) is 11.4. The average Bonchev–Trinajstić information content (AvgIpc) is 2.97. The molecule has 0 saturated carbocycles. The first-order valence-electron chi connectivity index (χ1n) is 5.57. The fourth-order valence-electron chi connectivity index (χ4n) is 1.54. The van der Waals surface area contributed by atoms with Crippen LogP contribution in [0.1, 0.15) is 18.9 Å². The topological polar surface area (TPSA) is 75.6 Å². The maximum Gasteiger partial charge on any atom is 0.227 e. The van der Waals surface area contributed by atoms with E-state index in [1.807, 2.05) is 17.7 Å². The highest BCUT2D eigenvalue weighted by Gasteiger charge is 2.07. The summed E-state index contributed by atoms with van der Waals surface area (Å²) in [6, 6.07) is 0. The van der Waals surface area contributed by atoms with Crippen molar-refractivity contribution in [3.63, 3.8) is 0 Å². The van der Waals surface area contributed by atoms with Crippen molar-refractivity contribution in [2.24, 2.45) is 0 Å². The molecule has 90 valence electrons. The first-order valence-corrected chi connectivity index (χ1v) is 5.57. The quantitative estimate of drug-likeness (QED) is 0.814. The number of amides is 1. The number of aromatic amines is 1. The molecule has 0 aromatic carbocycles. The summed E-state index contributed by atoms with van der Waals surface area (Å²) in [5.74, 6) is 0.667. The molecule has 0 atom stereocenters. The average molecular weight is 233 g/mol. The largest absolute Gasteiger partial charge is 0.337 e. The lowest BCUT2D eigenvalue weighted by molar-refractivity contribution is -0.116. The molecule has 1 amide bonds. The van der Waals surface area contributed by atoms with E-state index in [9.17, 15) is 4.79 Å². The number of H-pyrrole nitrogens is 1. The molecule has 0 radical (unpaired) electrons. The molecule has 6 nitrogen and oxygen atoms in total. The van der Waals surface area contributed by atoms with Crippen LogP contribution < -0.4 is 5.32 Å². The van der Waals surface area contributed by atoms with Gasteiger partial charge in [-0.25, -0.2) is 4.98 Å². The number of aromatic nitrogens is 4. The van der Waals surface area contributed by atoms with Gasteiger partial charge >= 0.3 is 0 Å². The van der Waals surface area contributed by atoms with Gasteiger partial charge in [-0.05, 0) is 6.42 Å². The number of carbonyl (C=O) groups excluding carboxylic acids is 1. The fraction of sp³-hybridized carbons (Fsp3) is 0.364. The molecule has 0 aliphatic heterocycles.